The number of benzene rings is 1. The van der Waals surface area contributed by atoms with Crippen LogP contribution >= 0.6 is 0 Å². The van der Waals surface area contributed by atoms with E-state index in [4.69, 9.17) is 4.74 Å². The van der Waals surface area contributed by atoms with E-state index in [1.165, 1.54) is 13.0 Å². The molecule has 0 radical (unpaired) electrons. The molecule has 4 nitrogen and oxygen atoms in total. The third-order valence-electron chi connectivity index (χ3n) is 3.54. The van der Waals surface area contributed by atoms with Crippen LogP contribution in [0.1, 0.15) is 18.1 Å². The number of nitrogens with one attached hydrogen (secondary N) is 1. The summed E-state index contributed by atoms with van der Waals surface area (Å²) in [6.07, 6.45) is -4.92. The highest BCUT2D eigenvalue weighted by Gasteiger charge is 2.34. The van der Waals surface area contributed by atoms with Gasteiger partial charge in [-0.1, -0.05) is 6.07 Å². The van der Waals surface area contributed by atoms with E-state index in [0.717, 1.165) is 12.1 Å². The topological polar surface area (TPSA) is 41.6 Å². The van der Waals surface area contributed by atoms with Crippen LogP contribution < -0.4 is 5.32 Å². The molecule has 2 rings (SSSR count). The minimum absolute atomic E-state index is 0.168. The number of amides is 1. The smallest absolute Gasteiger partial charge is 0.374 e. The Morgan fingerprint density at radius 3 is 2.83 bits per heavy atom. The first-order chi connectivity index (χ1) is 10.8. The van der Waals surface area contributed by atoms with Crippen molar-refractivity contribution in [3.05, 3.63) is 35.1 Å². The fourth-order valence-electron chi connectivity index (χ4n) is 2.45. The molecule has 8 heteroatoms. The van der Waals surface area contributed by atoms with Gasteiger partial charge in [0.1, 0.15) is 5.82 Å². The minimum Gasteiger partial charge on any atom is -0.374 e. The largest absolute Gasteiger partial charge is 0.419 e. The SMILES string of the molecule is CC(=O)NC[C@H]1CN(Cc2ccc(F)c(C(F)(F)F)c2)CCO1. The van der Waals surface area contributed by atoms with Gasteiger partial charge in [0.2, 0.25) is 5.91 Å². The third kappa shape index (κ3) is 5.18. The van der Waals surface area contributed by atoms with Gasteiger partial charge in [-0.05, 0) is 17.7 Å². The molecule has 1 amide bonds. The number of carbonyl (C=O) groups excluding carboxylic acids is 1. The van der Waals surface area contributed by atoms with Crippen LogP contribution in [0.2, 0.25) is 0 Å². The standard InChI is InChI=1S/C15H18F4N2O2/c1-10(22)20-7-12-9-21(4-5-23-12)8-11-2-3-14(16)13(6-11)15(17,18)19/h2-3,6,12H,4-5,7-9H2,1H3,(H,20,22)/t12-/m0/s1. The zero-order valence-corrected chi connectivity index (χ0v) is 12.6. The average Bonchev–Trinajstić information content (AvgIpc) is 2.46. The van der Waals surface area contributed by atoms with Crippen LogP contribution in [-0.2, 0) is 22.3 Å². The molecule has 23 heavy (non-hydrogen) atoms. The molecule has 1 aromatic rings. The van der Waals surface area contributed by atoms with E-state index >= 15 is 0 Å². The number of nitrogens with zero attached hydrogens (tertiary/aromatic N) is 1. The number of halogens is 4. The quantitative estimate of drug-likeness (QED) is 0.858. The zero-order valence-electron chi connectivity index (χ0n) is 12.6. The van der Waals surface area contributed by atoms with Gasteiger partial charge in [0.25, 0.3) is 0 Å². The second-order valence-electron chi connectivity index (χ2n) is 5.48. The van der Waals surface area contributed by atoms with Crippen LogP contribution in [-0.4, -0.2) is 43.2 Å². The van der Waals surface area contributed by atoms with E-state index in [9.17, 15) is 22.4 Å². The summed E-state index contributed by atoms with van der Waals surface area (Å²) < 4.78 is 57.0. The molecule has 1 aliphatic heterocycles. The van der Waals surface area contributed by atoms with Crippen molar-refractivity contribution < 1.29 is 27.1 Å². The summed E-state index contributed by atoms with van der Waals surface area (Å²) in [5.74, 6) is -1.44. The van der Waals surface area contributed by atoms with Gasteiger partial charge in [0, 0.05) is 33.1 Å². The molecular weight excluding hydrogens is 316 g/mol. The van der Waals surface area contributed by atoms with Gasteiger partial charge in [-0.15, -0.1) is 0 Å². The predicted molar refractivity (Wildman–Crippen MR) is 75.1 cm³/mol. The first-order valence-electron chi connectivity index (χ1n) is 7.19. The Balaban J connectivity index is 2.00. The highest BCUT2D eigenvalue weighted by atomic mass is 19.4. The van der Waals surface area contributed by atoms with Crippen LogP contribution in [0, 0.1) is 5.82 Å². The highest BCUT2D eigenvalue weighted by molar-refractivity contribution is 5.72. The van der Waals surface area contributed by atoms with Gasteiger partial charge in [-0.3, -0.25) is 9.69 Å². The number of carbonyl (C=O) groups is 1. The van der Waals surface area contributed by atoms with Crippen molar-refractivity contribution in [2.24, 2.45) is 0 Å². The van der Waals surface area contributed by atoms with Gasteiger partial charge in [0.15, 0.2) is 0 Å². The van der Waals surface area contributed by atoms with Crippen molar-refractivity contribution in [3.8, 4) is 0 Å². The van der Waals surface area contributed by atoms with Crippen molar-refractivity contribution in [1.29, 1.82) is 0 Å². The third-order valence-corrected chi connectivity index (χ3v) is 3.54. The summed E-state index contributed by atoms with van der Waals surface area (Å²) >= 11 is 0. The first kappa shape index (κ1) is 17.7. The molecule has 0 bridgehead atoms. The molecule has 1 aliphatic rings. The fourth-order valence-corrected chi connectivity index (χ4v) is 2.45. The van der Waals surface area contributed by atoms with E-state index in [1.807, 2.05) is 4.90 Å². The Labute approximate surface area is 131 Å². The van der Waals surface area contributed by atoms with Crippen LogP contribution in [0.25, 0.3) is 0 Å². The maximum absolute atomic E-state index is 13.3. The molecule has 1 atom stereocenters. The van der Waals surface area contributed by atoms with Gasteiger partial charge >= 0.3 is 6.18 Å². The molecule has 1 heterocycles. The summed E-state index contributed by atoms with van der Waals surface area (Å²) in [6, 6.07) is 3.03. The minimum atomic E-state index is -4.71. The number of rotatable bonds is 4. The van der Waals surface area contributed by atoms with Crippen molar-refractivity contribution >= 4 is 5.91 Å². The zero-order chi connectivity index (χ0) is 17.0. The molecule has 128 valence electrons. The summed E-state index contributed by atoms with van der Waals surface area (Å²) in [5.41, 5.74) is -0.864. The number of ether oxygens (including phenoxy) is 1. The second-order valence-corrected chi connectivity index (χ2v) is 5.48. The number of hydrogen-bond donors (Lipinski definition) is 1. The normalized spacial score (nSPS) is 19.6. The van der Waals surface area contributed by atoms with Crippen LogP contribution in [0.4, 0.5) is 17.6 Å². The second kappa shape index (κ2) is 7.27. The van der Waals surface area contributed by atoms with E-state index in [1.54, 1.807) is 0 Å². The van der Waals surface area contributed by atoms with Gasteiger partial charge < -0.3 is 10.1 Å². The Bertz CT molecular complexity index is 563. The average molecular weight is 334 g/mol. The predicted octanol–water partition coefficient (Wildman–Crippen LogP) is 2.18. The lowest BCUT2D eigenvalue weighted by molar-refractivity contribution is -0.140. The van der Waals surface area contributed by atoms with Crippen molar-refractivity contribution in [2.45, 2.75) is 25.7 Å². The summed E-state index contributed by atoms with van der Waals surface area (Å²) in [5, 5.41) is 2.65. The summed E-state index contributed by atoms with van der Waals surface area (Å²) in [4.78, 5) is 12.8. The number of hydrogen-bond acceptors (Lipinski definition) is 3. The molecule has 0 aliphatic carbocycles. The molecule has 0 unspecified atom stereocenters. The van der Waals surface area contributed by atoms with E-state index < -0.39 is 17.6 Å². The summed E-state index contributed by atoms with van der Waals surface area (Å²) in [7, 11) is 0. The highest BCUT2D eigenvalue weighted by Crippen LogP contribution is 2.32. The van der Waals surface area contributed by atoms with E-state index in [2.05, 4.69) is 5.32 Å². The van der Waals surface area contributed by atoms with Crippen molar-refractivity contribution in [2.75, 3.05) is 26.2 Å². The Morgan fingerprint density at radius 2 is 2.17 bits per heavy atom. The monoisotopic (exact) mass is 334 g/mol. The molecule has 1 aromatic carbocycles. The maximum atomic E-state index is 13.3. The van der Waals surface area contributed by atoms with Crippen LogP contribution in [0.3, 0.4) is 0 Å². The Kier molecular flexibility index (Phi) is 5.59. The van der Waals surface area contributed by atoms with Crippen molar-refractivity contribution in [3.63, 3.8) is 0 Å². The Morgan fingerprint density at radius 1 is 1.43 bits per heavy atom. The van der Waals surface area contributed by atoms with Gasteiger partial charge in [0.05, 0.1) is 18.3 Å². The maximum Gasteiger partial charge on any atom is 0.419 e. The fraction of sp³-hybridized carbons (Fsp3) is 0.533. The molecular formula is C15H18F4N2O2. The number of alkyl halides is 3. The molecule has 1 fully saturated rings. The lowest BCUT2D eigenvalue weighted by atomic mass is 10.1. The first-order valence-corrected chi connectivity index (χ1v) is 7.19. The van der Waals surface area contributed by atoms with E-state index in [-0.39, 0.29) is 18.6 Å². The molecule has 0 aromatic heterocycles. The van der Waals surface area contributed by atoms with E-state index in [0.29, 0.717) is 31.8 Å². The molecule has 0 spiro atoms. The molecule has 1 N–H and O–H groups in total. The van der Waals surface area contributed by atoms with Crippen molar-refractivity contribution in [1.82, 2.24) is 10.2 Å². The van der Waals surface area contributed by atoms with Crippen LogP contribution in [0.5, 0.6) is 0 Å². The van der Waals surface area contributed by atoms with Gasteiger partial charge in [-0.2, -0.15) is 13.2 Å². The molecule has 1 saturated heterocycles. The van der Waals surface area contributed by atoms with Gasteiger partial charge in [-0.25, -0.2) is 4.39 Å². The Hall–Kier alpha value is -1.67. The molecule has 0 saturated carbocycles. The van der Waals surface area contributed by atoms with Crippen LogP contribution in [0.15, 0.2) is 18.2 Å². The summed E-state index contributed by atoms with van der Waals surface area (Å²) in [6.45, 7) is 3.50. The number of morpholine rings is 1. The lowest BCUT2D eigenvalue weighted by Crippen LogP contribution is -2.46. The lowest BCUT2D eigenvalue weighted by Gasteiger charge is -2.33.